The molecule has 3 aliphatic heterocycles. The molecule has 2 amide bonds. The fraction of sp³-hybridized carbons (Fsp3) is 0.179. The number of fused-ring (bicyclic) bond motifs is 5. The molecular weight excluding hydrogens is 474 g/mol. The number of rotatable bonds is 5. The molecule has 9 heteroatoms. The standard InChI is InChI=1S/C28H21N3O6/c1-37-20-11-9-17(10-12-20)26(32)25-23-22(24-21-8-3-2-5-16(21)13-14-29(24)25)27(33)30(28(23)34)18-6-4-7-19(15-18)31(35)36/h2-15,22-25H,1H3/t22-,23-,24-,25+/m1/s1. The second kappa shape index (κ2) is 8.41. The molecule has 3 aliphatic rings. The third kappa shape index (κ3) is 3.35. The van der Waals surface area contributed by atoms with Crippen LogP contribution in [0.3, 0.4) is 0 Å². The maximum Gasteiger partial charge on any atom is 0.271 e. The van der Waals surface area contributed by atoms with Gasteiger partial charge in [0.25, 0.3) is 5.69 Å². The Balaban J connectivity index is 1.47. The molecule has 2 fully saturated rings. The SMILES string of the molecule is COc1ccc(C(=O)[C@@H]2[C@@H]3C(=O)N(c4cccc([N+](=O)[O-])c4)C(=O)[C@H]3[C@H]3c4ccccc4C=CN23)cc1. The maximum atomic E-state index is 13.9. The zero-order valence-electron chi connectivity index (χ0n) is 19.7. The molecule has 37 heavy (non-hydrogen) atoms. The molecule has 2 saturated heterocycles. The first-order chi connectivity index (χ1) is 17.9. The number of ketones is 1. The monoisotopic (exact) mass is 495 g/mol. The van der Waals surface area contributed by atoms with E-state index in [1.165, 1.54) is 31.4 Å². The van der Waals surface area contributed by atoms with E-state index in [4.69, 9.17) is 4.74 Å². The zero-order chi connectivity index (χ0) is 25.8. The Morgan fingerprint density at radius 3 is 2.41 bits per heavy atom. The van der Waals surface area contributed by atoms with Crippen molar-refractivity contribution in [3.63, 3.8) is 0 Å². The van der Waals surface area contributed by atoms with E-state index in [1.54, 1.807) is 30.5 Å². The van der Waals surface area contributed by atoms with E-state index in [2.05, 4.69) is 0 Å². The smallest absolute Gasteiger partial charge is 0.271 e. The lowest BCUT2D eigenvalue weighted by Gasteiger charge is -2.35. The van der Waals surface area contributed by atoms with Crippen LogP contribution in [0.25, 0.3) is 6.08 Å². The largest absolute Gasteiger partial charge is 0.497 e. The van der Waals surface area contributed by atoms with E-state index in [-0.39, 0.29) is 17.2 Å². The minimum atomic E-state index is -0.956. The summed E-state index contributed by atoms with van der Waals surface area (Å²) in [5.41, 5.74) is 2.06. The number of carbonyl (C=O) groups is 3. The van der Waals surface area contributed by atoms with E-state index in [0.717, 1.165) is 16.0 Å². The fourth-order valence-corrected chi connectivity index (χ4v) is 5.78. The van der Waals surface area contributed by atoms with Crippen LogP contribution < -0.4 is 9.64 Å². The number of anilines is 1. The van der Waals surface area contributed by atoms with E-state index in [9.17, 15) is 24.5 Å². The van der Waals surface area contributed by atoms with Gasteiger partial charge in [-0.25, -0.2) is 4.90 Å². The average molecular weight is 495 g/mol. The van der Waals surface area contributed by atoms with Crippen LogP contribution >= 0.6 is 0 Å². The molecule has 184 valence electrons. The fourth-order valence-electron chi connectivity index (χ4n) is 5.78. The average Bonchev–Trinajstić information content (AvgIpc) is 3.40. The van der Waals surface area contributed by atoms with E-state index >= 15 is 0 Å². The normalized spacial score (nSPS) is 23.5. The van der Waals surface area contributed by atoms with Crippen molar-refractivity contribution in [2.45, 2.75) is 12.1 Å². The van der Waals surface area contributed by atoms with E-state index in [0.29, 0.717) is 11.3 Å². The van der Waals surface area contributed by atoms with Crippen LogP contribution in [0.5, 0.6) is 5.75 Å². The van der Waals surface area contributed by atoms with Crippen LogP contribution in [0, 0.1) is 22.0 Å². The lowest BCUT2D eigenvalue weighted by molar-refractivity contribution is -0.384. The first kappa shape index (κ1) is 22.7. The summed E-state index contributed by atoms with van der Waals surface area (Å²) in [5.74, 6) is -2.49. The van der Waals surface area contributed by atoms with Gasteiger partial charge in [0, 0.05) is 23.9 Å². The second-order valence-electron chi connectivity index (χ2n) is 9.21. The van der Waals surface area contributed by atoms with Gasteiger partial charge in [0.1, 0.15) is 11.8 Å². The number of non-ortho nitro benzene ring substituents is 1. The lowest BCUT2D eigenvalue weighted by Crippen LogP contribution is -2.44. The number of methoxy groups -OCH3 is 1. The number of Topliss-reactive ketones (excluding diaryl/α,β-unsaturated/α-hetero) is 1. The second-order valence-corrected chi connectivity index (χ2v) is 9.21. The number of imide groups is 1. The topological polar surface area (TPSA) is 110 Å². The van der Waals surface area contributed by atoms with Gasteiger partial charge in [0.05, 0.1) is 35.6 Å². The predicted octanol–water partition coefficient (Wildman–Crippen LogP) is 4.00. The summed E-state index contributed by atoms with van der Waals surface area (Å²) < 4.78 is 5.20. The number of nitro benzene ring substituents is 1. The van der Waals surface area contributed by atoms with Gasteiger partial charge in [-0.3, -0.25) is 24.5 Å². The molecule has 6 rings (SSSR count). The van der Waals surface area contributed by atoms with Crippen molar-refractivity contribution in [3.8, 4) is 5.75 Å². The van der Waals surface area contributed by atoms with Crippen LogP contribution in [0.15, 0.2) is 79.0 Å². The van der Waals surface area contributed by atoms with Crippen LogP contribution in [-0.4, -0.2) is 40.6 Å². The van der Waals surface area contributed by atoms with E-state index < -0.39 is 40.7 Å². The van der Waals surface area contributed by atoms with Gasteiger partial charge in [0.15, 0.2) is 5.78 Å². The van der Waals surface area contributed by atoms with Gasteiger partial charge in [-0.1, -0.05) is 30.3 Å². The number of hydrogen-bond donors (Lipinski definition) is 0. The molecule has 3 aromatic rings. The molecule has 0 spiro atoms. The number of carbonyl (C=O) groups excluding carboxylic acids is 3. The van der Waals surface area contributed by atoms with Crippen molar-refractivity contribution in [1.82, 2.24) is 4.90 Å². The number of ether oxygens (including phenoxy) is 1. The quantitative estimate of drug-likeness (QED) is 0.228. The number of hydrogen-bond acceptors (Lipinski definition) is 7. The summed E-state index contributed by atoms with van der Waals surface area (Å²) >= 11 is 0. The van der Waals surface area contributed by atoms with Crippen LogP contribution in [-0.2, 0) is 9.59 Å². The van der Waals surface area contributed by atoms with Crippen LogP contribution in [0.2, 0.25) is 0 Å². The maximum absolute atomic E-state index is 13.9. The number of nitrogens with zero attached hydrogens (tertiary/aromatic N) is 3. The number of amides is 2. The molecule has 3 aromatic carbocycles. The third-order valence-corrected chi connectivity index (χ3v) is 7.40. The first-order valence-electron chi connectivity index (χ1n) is 11.8. The first-order valence-corrected chi connectivity index (χ1v) is 11.8. The molecule has 0 aliphatic carbocycles. The van der Waals surface area contributed by atoms with E-state index in [1.807, 2.05) is 35.2 Å². The molecule has 9 nitrogen and oxygen atoms in total. The number of benzene rings is 3. The number of nitro groups is 1. The molecule has 0 unspecified atom stereocenters. The van der Waals surface area contributed by atoms with Gasteiger partial charge < -0.3 is 9.64 Å². The summed E-state index contributed by atoms with van der Waals surface area (Å²) in [4.78, 5) is 55.3. The van der Waals surface area contributed by atoms with Crippen molar-refractivity contribution < 1.29 is 24.0 Å². The summed E-state index contributed by atoms with van der Waals surface area (Å²) in [6.45, 7) is 0. The third-order valence-electron chi connectivity index (χ3n) is 7.40. The van der Waals surface area contributed by atoms with Crippen molar-refractivity contribution in [2.75, 3.05) is 12.0 Å². The van der Waals surface area contributed by atoms with Gasteiger partial charge in [-0.2, -0.15) is 0 Å². The van der Waals surface area contributed by atoms with Gasteiger partial charge in [0.2, 0.25) is 11.8 Å². The molecule has 0 saturated carbocycles. The van der Waals surface area contributed by atoms with Crippen LogP contribution in [0.4, 0.5) is 11.4 Å². The van der Waals surface area contributed by atoms with Gasteiger partial charge in [-0.15, -0.1) is 0 Å². The molecule has 0 radical (unpaired) electrons. The molecule has 0 N–H and O–H groups in total. The Morgan fingerprint density at radius 2 is 1.68 bits per heavy atom. The van der Waals surface area contributed by atoms with Crippen molar-refractivity contribution in [2.24, 2.45) is 11.8 Å². The molecule has 0 aromatic heterocycles. The lowest BCUT2D eigenvalue weighted by atomic mass is 9.83. The van der Waals surface area contributed by atoms with Crippen molar-refractivity contribution >= 4 is 35.0 Å². The van der Waals surface area contributed by atoms with Gasteiger partial charge in [-0.05, 0) is 47.5 Å². The highest BCUT2D eigenvalue weighted by Crippen LogP contribution is 2.53. The Morgan fingerprint density at radius 1 is 0.946 bits per heavy atom. The molecular formula is C28H21N3O6. The molecule has 4 atom stereocenters. The Hall–Kier alpha value is -4.79. The Kier molecular flexibility index (Phi) is 5.15. The summed E-state index contributed by atoms with van der Waals surface area (Å²) in [6, 6.07) is 18.2. The summed E-state index contributed by atoms with van der Waals surface area (Å²) in [5, 5.41) is 11.3. The Bertz CT molecular complexity index is 1500. The minimum absolute atomic E-state index is 0.125. The Labute approximate surface area is 211 Å². The highest BCUT2D eigenvalue weighted by Gasteiger charge is 2.64. The summed E-state index contributed by atoms with van der Waals surface area (Å²) in [7, 11) is 1.53. The molecule has 3 heterocycles. The molecule has 0 bridgehead atoms. The zero-order valence-corrected chi connectivity index (χ0v) is 19.7. The van der Waals surface area contributed by atoms with Crippen molar-refractivity contribution in [3.05, 3.63) is 106 Å². The summed E-state index contributed by atoms with van der Waals surface area (Å²) in [6.07, 6.45) is 3.67. The highest BCUT2D eigenvalue weighted by atomic mass is 16.6. The highest BCUT2D eigenvalue weighted by molar-refractivity contribution is 6.24. The van der Waals surface area contributed by atoms with Gasteiger partial charge >= 0.3 is 0 Å². The van der Waals surface area contributed by atoms with Crippen molar-refractivity contribution in [1.29, 1.82) is 0 Å². The minimum Gasteiger partial charge on any atom is -0.497 e. The predicted molar refractivity (Wildman–Crippen MR) is 134 cm³/mol. The van der Waals surface area contributed by atoms with Crippen LogP contribution in [0.1, 0.15) is 27.5 Å².